The number of fused-ring (bicyclic) bond motifs is 2. The Bertz CT molecular complexity index is 1630. The van der Waals surface area contributed by atoms with E-state index in [0.717, 1.165) is 32.8 Å². The molecule has 0 aliphatic carbocycles. The van der Waals surface area contributed by atoms with Crippen LogP contribution in [-0.4, -0.2) is 22.1 Å². The van der Waals surface area contributed by atoms with Crippen LogP contribution in [0.5, 0.6) is 0 Å². The number of nitrogens with two attached hydrogens (primary N) is 2. The zero-order chi connectivity index (χ0) is 25.2. The Morgan fingerprint density at radius 2 is 1.44 bits per heavy atom. The van der Waals surface area contributed by atoms with Crippen LogP contribution in [0.1, 0.15) is 32.7 Å². The minimum Gasteiger partial charge on any atom is -0.384 e. The molecule has 0 fully saturated rings. The highest BCUT2D eigenvalue weighted by atomic mass is 16.1. The molecule has 0 radical (unpaired) electrons. The average Bonchev–Trinajstić information content (AvgIpc) is 3.22. The molecule has 1 amide bonds. The Morgan fingerprint density at radius 3 is 2.17 bits per heavy atom. The van der Waals surface area contributed by atoms with Gasteiger partial charge >= 0.3 is 0 Å². The highest BCUT2D eigenvalue weighted by Gasteiger charge is 2.24. The molecule has 0 aliphatic rings. The number of para-hydroxylation sites is 1. The number of rotatable bonds is 7. The summed E-state index contributed by atoms with van der Waals surface area (Å²) in [6, 6.07) is 29.1. The second kappa shape index (κ2) is 9.38. The molecule has 0 unspecified atom stereocenters. The first-order valence-electron chi connectivity index (χ1n) is 11.6. The van der Waals surface area contributed by atoms with Gasteiger partial charge in [0.05, 0.1) is 5.56 Å². The van der Waals surface area contributed by atoms with Crippen molar-refractivity contribution in [2.75, 3.05) is 0 Å². The normalized spacial score (nSPS) is 11.0. The van der Waals surface area contributed by atoms with Crippen LogP contribution in [0.4, 0.5) is 0 Å². The summed E-state index contributed by atoms with van der Waals surface area (Å²) in [5, 5.41) is 21.8. The predicted molar refractivity (Wildman–Crippen MR) is 145 cm³/mol. The fourth-order valence-electron chi connectivity index (χ4n) is 4.65. The summed E-state index contributed by atoms with van der Waals surface area (Å²) in [6.07, 6.45) is 0. The van der Waals surface area contributed by atoms with E-state index in [1.54, 1.807) is 12.1 Å². The lowest BCUT2D eigenvalue weighted by Crippen LogP contribution is -2.28. The van der Waals surface area contributed by atoms with E-state index in [4.69, 9.17) is 22.3 Å². The molecule has 0 bridgehead atoms. The number of hydrogen-bond acceptors (Lipinski definition) is 3. The highest BCUT2D eigenvalue weighted by molar-refractivity contribution is 6.16. The van der Waals surface area contributed by atoms with Gasteiger partial charge in [-0.05, 0) is 28.0 Å². The fourth-order valence-corrected chi connectivity index (χ4v) is 4.65. The quantitative estimate of drug-likeness (QED) is 0.177. The Balaban J connectivity index is 1.57. The van der Waals surface area contributed by atoms with Crippen LogP contribution in [0, 0.1) is 10.8 Å². The minimum absolute atomic E-state index is 0.00496. The molecule has 5 rings (SSSR count). The van der Waals surface area contributed by atoms with Crippen molar-refractivity contribution in [1.82, 2.24) is 9.88 Å². The molecule has 1 aromatic heterocycles. The number of nitrogen functional groups attached to an aromatic ring is 2. The van der Waals surface area contributed by atoms with Gasteiger partial charge in [-0.15, -0.1) is 0 Å². The third-order valence-electron chi connectivity index (χ3n) is 6.38. The van der Waals surface area contributed by atoms with Gasteiger partial charge in [0.25, 0.3) is 5.91 Å². The van der Waals surface area contributed by atoms with Crippen molar-refractivity contribution in [3.05, 3.63) is 119 Å². The van der Waals surface area contributed by atoms with Crippen LogP contribution >= 0.6 is 0 Å². The number of nitrogens with zero attached hydrogens (tertiary/aromatic N) is 1. The summed E-state index contributed by atoms with van der Waals surface area (Å²) in [5.74, 6) is -0.472. The second-order valence-electron chi connectivity index (χ2n) is 8.67. The van der Waals surface area contributed by atoms with E-state index >= 15 is 0 Å². The number of carbonyl (C=O) groups excluding carboxylic acids is 1. The van der Waals surface area contributed by atoms with Crippen LogP contribution in [0.3, 0.4) is 0 Å². The molecule has 0 saturated heterocycles. The van der Waals surface area contributed by atoms with Crippen LogP contribution in [0.15, 0.2) is 91.0 Å². The van der Waals surface area contributed by atoms with Crippen molar-refractivity contribution < 1.29 is 4.79 Å². The van der Waals surface area contributed by atoms with Crippen molar-refractivity contribution in [2.24, 2.45) is 11.5 Å². The summed E-state index contributed by atoms with van der Waals surface area (Å²) < 4.78 is 1.95. The summed E-state index contributed by atoms with van der Waals surface area (Å²) >= 11 is 0. The van der Waals surface area contributed by atoms with Gasteiger partial charge in [0.2, 0.25) is 0 Å². The van der Waals surface area contributed by atoms with E-state index in [-0.39, 0.29) is 24.1 Å². The third-order valence-corrected chi connectivity index (χ3v) is 6.38. The molecular formula is C29H26N6O. The molecular weight excluding hydrogens is 448 g/mol. The first-order chi connectivity index (χ1) is 17.4. The number of carbonyl (C=O) groups is 1. The summed E-state index contributed by atoms with van der Waals surface area (Å²) in [4.78, 5) is 13.6. The standard InChI is InChI=1S/C29H26N6O/c30-27(31)20-14-12-18(13-15-20)16-34-29(36)26-25(28(32)33)23-10-3-4-11-24(23)35(26)17-21-8-5-7-19-6-1-2-9-22(19)21/h1-15H,16-17H2,(H3,30,31)(H3,32,33)(H,34,36). The maximum absolute atomic E-state index is 13.6. The molecule has 1 heterocycles. The third kappa shape index (κ3) is 4.18. The largest absolute Gasteiger partial charge is 0.384 e. The van der Waals surface area contributed by atoms with Crippen LogP contribution in [0.2, 0.25) is 0 Å². The smallest absolute Gasteiger partial charge is 0.268 e. The van der Waals surface area contributed by atoms with E-state index < -0.39 is 0 Å². The monoisotopic (exact) mass is 474 g/mol. The lowest BCUT2D eigenvalue weighted by atomic mass is 10.0. The number of amides is 1. The van der Waals surface area contributed by atoms with E-state index in [2.05, 4.69) is 29.6 Å². The summed E-state index contributed by atoms with van der Waals surface area (Å²) in [5.41, 5.74) is 15.7. The van der Waals surface area contributed by atoms with E-state index in [0.29, 0.717) is 23.4 Å². The van der Waals surface area contributed by atoms with Gasteiger partial charge in [0.1, 0.15) is 17.4 Å². The maximum atomic E-state index is 13.6. The van der Waals surface area contributed by atoms with Gasteiger partial charge in [-0.1, -0.05) is 84.9 Å². The van der Waals surface area contributed by atoms with Crippen molar-refractivity contribution in [1.29, 1.82) is 10.8 Å². The molecule has 5 aromatic rings. The summed E-state index contributed by atoms with van der Waals surface area (Å²) in [7, 11) is 0. The SMILES string of the molecule is N=C(N)c1ccc(CNC(=O)c2c(C(=N)N)c3ccccc3n2Cc2cccc3ccccc23)cc1. The first kappa shape index (κ1) is 22.9. The van der Waals surface area contributed by atoms with Crippen LogP contribution in [0.25, 0.3) is 21.7 Å². The topological polar surface area (TPSA) is 134 Å². The van der Waals surface area contributed by atoms with Gasteiger partial charge in [-0.25, -0.2) is 0 Å². The van der Waals surface area contributed by atoms with E-state index in [9.17, 15) is 4.79 Å². The lowest BCUT2D eigenvalue weighted by molar-refractivity contribution is 0.0942. The molecule has 0 spiro atoms. The number of amidine groups is 2. The average molecular weight is 475 g/mol. The van der Waals surface area contributed by atoms with E-state index in [1.165, 1.54) is 0 Å². The molecule has 7 N–H and O–H groups in total. The van der Waals surface area contributed by atoms with Gasteiger partial charge < -0.3 is 21.4 Å². The first-order valence-corrected chi connectivity index (χ1v) is 11.6. The van der Waals surface area contributed by atoms with E-state index in [1.807, 2.05) is 59.2 Å². The zero-order valence-corrected chi connectivity index (χ0v) is 19.6. The molecule has 7 nitrogen and oxygen atoms in total. The summed E-state index contributed by atoms with van der Waals surface area (Å²) in [6.45, 7) is 0.732. The van der Waals surface area contributed by atoms with Gasteiger partial charge in [0.15, 0.2) is 0 Å². The molecule has 0 atom stereocenters. The molecule has 178 valence electrons. The molecule has 0 saturated carbocycles. The van der Waals surface area contributed by atoms with Gasteiger partial charge in [-0.3, -0.25) is 15.6 Å². The molecule has 7 heteroatoms. The number of nitrogens with one attached hydrogen (secondary N) is 3. The molecule has 4 aromatic carbocycles. The predicted octanol–water partition coefficient (Wildman–Crippen LogP) is 4.34. The number of hydrogen-bond donors (Lipinski definition) is 5. The van der Waals surface area contributed by atoms with Gasteiger partial charge in [-0.2, -0.15) is 0 Å². The van der Waals surface area contributed by atoms with Gasteiger partial charge in [0, 0.05) is 29.6 Å². The Morgan fingerprint density at radius 1 is 0.778 bits per heavy atom. The van der Waals surface area contributed by atoms with Crippen LogP contribution < -0.4 is 16.8 Å². The molecule has 36 heavy (non-hydrogen) atoms. The zero-order valence-electron chi connectivity index (χ0n) is 19.6. The van der Waals surface area contributed by atoms with Crippen molar-refractivity contribution >= 4 is 39.3 Å². The van der Waals surface area contributed by atoms with Crippen LogP contribution in [-0.2, 0) is 13.1 Å². The Hall–Kier alpha value is -4.91. The maximum Gasteiger partial charge on any atom is 0.268 e. The number of aromatic nitrogens is 1. The number of benzene rings is 4. The highest BCUT2D eigenvalue weighted by Crippen LogP contribution is 2.29. The second-order valence-corrected chi connectivity index (χ2v) is 8.67. The van der Waals surface area contributed by atoms with Crippen molar-refractivity contribution in [3.8, 4) is 0 Å². The Labute approximate surface area is 208 Å². The minimum atomic E-state index is -0.313. The fraction of sp³-hybridized carbons (Fsp3) is 0.0690. The molecule has 0 aliphatic heterocycles. The van der Waals surface area contributed by atoms with Crippen molar-refractivity contribution in [3.63, 3.8) is 0 Å². The lowest BCUT2D eigenvalue weighted by Gasteiger charge is -2.14. The van der Waals surface area contributed by atoms with Crippen molar-refractivity contribution in [2.45, 2.75) is 13.1 Å². The Kier molecular flexibility index (Phi) is 5.96.